The molecule has 1 aliphatic carbocycles. The molecule has 12 rings (SSSR count). The summed E-state index contributed by atoms with van der Waals surface area (Å²) in [4.78, 5) is 2.83. The third-order valence-electron chi connectivity index (χ3n) is 22.9. The molecule has 0 amide bonds. The van der Waals surface area contributed by atoms with Crippen molar-refractivity contribution >= 4 is 88.2 Å². The van der Waals surface area contributed by atoms with Gasteiger partial charge in [-0.2, -0.15) is 8.75 Å². The van der Waals surface area contributed by atoms with E-state index in [2.05, 4.69) is 174 Å². The number of hydrogen-bond donors (Lipinski definition) is 0. The zero-order chi connectivity index (χ0) is 66.2. The van der Waals surface area contributed by atoms with Crippen molar-refractivity contribution in [2.75, 3.05) is 6.61 Å². The first kappa shape index (κ1) is 70.1. The van der Waals surface area contributed by atoms with E-state index in [1.54, 1.807) is 16.5 Å². The molecule has 3 heterocycles. The van der Waals surface area contributed by atoms with Crippen LogP contribution in [0.5, 0.6) is 5.75 Å². The fraction of sp³-hybridized carbons (Fsp3) is 0.533. The highest BCUT2D eigenvalue weighted by Crippen LogP contribution is 2.61. The van der Waals surface area contributed by atoms with Crippen molar-refractivity contribution in [3.8, 4) is 48.9 Å². The number of benzene rings is 8. The van der Waals surface area contributed by atoms with Crippen molar-refractivity contribution in [2.24, 2.45) is 11.8 Å². The summed E-state index contributed by atoms with van der Waals surface area (Å²) in [6.07, 6.45) is 46.9. The number of fused-ring (bicyclic) bond motifs is 4. The van der Waals surface area contributed by atoms with E-state index in [-0.39, 0.29) is 5.41 Å². The molecule has 3 aromatic heterocycles. The van der Waals surface area contributed by atoms with Crippen LogP contribution in [0, 0.1) is 18.8 Å². The highest BCUT2D eigenvalue weighted by Gasteiger charge is 2.44. The van der Waals surface area contributed by atoms with Crippen molar-refractivity contribution in [1.82, 2.24) is 13.3 Å². The van der Waals surface area contributed by atoms with Gasteiger partial charge in [0.2, 0.25) is 0 Å². The van der Waals surface area contributed by atoms with Gasteiger partial charge >= 0.3 is 0 Å². The second-order valence-electron chi connectivity index (χ2n) is 30.0. The molecule has 0 spiro atoms. The normalized spacial score (nSPS) is 13.4. The van der Waals surface area contributed by atoms with Crippen molar-refractivity contribution in [2.45, 2.75) is 292 Å². The quantitative estimate of drug-likeness (QED) is 0.0217. The van der Waals surface area contributed by atoms with Crippen LogP contribution in [0.15, 0.2) is 109 Å². The first-order valence-corrected chi connectivity index (χ1v) is 41.1. The van der Waals surface area contributed by atoms with E-state index in [4.69, 9.17) is 13.5 Å². The van der Waals surface area contributed by atoms with Crippen molar-refractivity contribution < 1.29 is 4.74 Å². The van der Waals surface area contributed by atoms with Gasteiger partial charge in [0.05, 0.1) is 29.4 Å². The summed E-state index contributed by atoms with van der Waals surface area (Å²) in [6.45, 7) is 18.1. The maximum atomic E-state index is 6.84. The van der Waals surface area contributed by atoms with Crippen LogP contribution in [0.2, 0.25) is 0 Å². The minimum atomic E-state index is -0.126. The monoisotopic (exact) mass is 1320 g/mol. The molecule has 0 bridgehead atoms. The molecular formula is C90H117N3OS2. The van der Waals surface area contributed by atoms with Crippen LogP contribution in [0.25, 0.3) is 108 Å². The Morgan fingerprint density at radius 2 is 0.885 bits per heavy atom. The van der Waals surface area contributed by atoms with Crippen LogP contribution >= 0.6 is 23.1 Å². The van der Waals surface area contributed by atoms with Gasteiger partial charge in [-0.05, 0) is 137 Å². The number of rotatable bonds is 44. The van der Waals surface area contributed by atoms with Gasteiger partial charge in [-0.1, -0.05) is 319 Å². The van der Waals surface area contributed by atoms with E-state index in [0.29, 0.717) is 11.8 Å². The van der Waals surface area contributed by atoms with Gasteiger partial charge in [-0.25, -0.2) is 0 Å². The average Bonchev–Trinajstić information content (AvgIpc) is 1.45. The van der Waals surface area contributed by atoms with Gasteiger partial charge in [0.25, 0.3) is 0 Å². The maximum Gasteiger partial charge on any atom is 0.119 e. The Balaban J connectivity index is 1.04. The molecular weight excluding hydrogens is 1200 g/mol. The average molecular weight is 1320 g/mol. The topological polar surface area (TPSA) is 39.9 Å². The van der Waals surface area contributed by atoms with Crippen LogP contribution in [0.1, 0.15) is 289 Å². The Morgan fingerprint density at radius 1 is 0.406 bits per heavy atom. The van der Waals surface area contributed by atoms with Crippen LogP contribution in [0.4, 0.5) is 0 Å². The Kier molecular flexibility index (Phi) is 25.0. The Bertz CT molecular complexity index is 4150. The molecule has 4 nitrogen and oxygen atoms in total. The molecule has 6 heteroatoms. The summed E-state index contributed by atoms with van der Waals surface area (Å²) < 4.78 is 20.0. The molecule has 11 aromatic rings. The van der Waals surface area contributed by atoms with Crippen molar-refractivity contribution in [3.63, 3.8) is 0 Å². The number of nitrogens with zero attached hydrogens (tertiary/aromatic N) is 3. The summed E-state index contributed by atoms with van der Waals surface area (Å²) in [7, 11) is 0. The largest absolute Gasteiger partial charge is 0.493 e. The Hall–Kier alpha value is -5.82. The van der Waals surface area contributed by atoms with Gasteiger partial charge in [0.1, 0.15) is 16.8 Å². The first-order valence-electron chi connectivity index (χ1n) is 39.6. The maximum absolute atomic E-state index is 6.84. The summed E-state index contributed by atoms with van der Waals surface area (Å²) >= 11 is 3.43. The third kappa shape index (κ3) is 15.3. The van der Waals surface area contributed by atoms with Gasteiger partial charge < -0.3 is 9.30 Å². The summed E-state index contributed by atoms with van der Waals surface area (Å²) in [5.41, 5.74) is 16.9. The third-order valence-corrected chi connectivity index (χ3v) is 24.7. The lowest BCUT2D eigenvalue weighted by Crippen LogP contribution is -2.30. The predicted molar refractivity (Wildman–Crippen MR) is 423 cm³/mol. The Morgan fingerprint density at radius 3 is 1.49 bits per heavy atom. The number of unbranched alkanes of at least 4 members (excludes halogenated alkanes) is 24. The molecule has 510 valence electrons. The number of thiophene rings is 1. The second-order valence-corrected chi connectivity index (χ2v) is 31.6. The molecule has 0 aliphatic heterocycles. The van der Waals surface area contributed by atoms with Gasteiger partial charge in [-0.15, -0.1) is 11.3 Å². The van der Waals surface area contributed by atoms with E-state index >= 15 is 0 Å². The van der Waals surface area contributed by atoms with E-state index in [9.17, 15) is 0 Å². The van der Waals surface area contributed by atoms with E-state index in [1.807, 2.05) is 0 Å². The fourth-order valence-electron chi connectivity index (χ4n) is 17.5. The lowest BCUT2D eigenvalue weighted by Gasteiger charge is -2.40. The zero-order valence-electron chi connectivity index (χ0n) is 60.5. The molecule has 0 fully saturated rings. The molecule has 8 aromatic carbocycles. The lowest BCUT2D eigenvalue weighted by molar-refractivity contribution is 0.224. The summed E-state index contributed by atoms with van der Waals surface area (Å²) in [5.74, 6) is 2.22. The van der Waals surface area contributed by atoms with Crippen molar-refractivity contribution in [1.29, 1.82) is 0 Å². The molecule has 96 heavy (non-hydrogen) atoms. The van der Waals surface area contributed by atoms with E-state index < -0.39 is 0 Å². The summed E-state index contributed by atoms with van der Waals surface area (Å²) in [6, 6.07) is 43.9. The Labute approximate surface area is 587 Å². The minimum Gasteiger partial charge on any atom is -0.493 e. The smallest absolute Gasteiger partial charge is 0.119 e. The predicted octanol–water partition coefficient (Wildman–Crippen LogP) is 29.5. The molecule has 0 N–H and O–H groups in total. The fourth-order valence-corrected chi connectivity index (χ4v) is 19.4. The van der Waals surface area contributed by atoms with Crippen LogP contribution in [0.3, 0.4) is 0 Å². The van der Waals surface area contributed by atoms with Gasteiger partial charge in [0.15, 0.2) is 0 Å². The van der Waals surface area contributed by atoms with Crippen LogP contribution < -0.4 is 4.74 Å². The van der Waals surface area contributed by atoms with Crippen LogP contribution in [-0.4, -0.2) is 19.9 Å². The SMILES string of the molecule is CCCCCCCCC(CCCCCC)COc1ccc(-c2cc3c4c5c2cccc5c2ccc5c6c(cc(c4c62)n3CC(CCCCCC)CCCCCC)-c2sc(-c3ccc(-c4ccc(C)cc4)c4nsnc34)cc2C5(CCCCCCCC)CCCCCCCC)cc1. The molecule has 0 saturated carbocycles. The first-order chi connectivity index (χ1) is 47.3. The number of aryl methyl sites for hydroxylation is 1. The highest BCUT2D eigenvalue weighted by atomic mass is 32.1. The zero-order valence-corrected chi connectivity index (χ0v) is 62.1. The molecule has 1 unspecified atom stereocenters. The summed E-state index contributed by atoms with van der Waals surface area (Å²) in [5, 5.41) is 11.7. The standard InChI is InChI=1S/C90H117N3OS2/c1-8-14-20-26-29-35-42-66(41-34-25-19-13-6)63-94-69-51-49-68(50-52-69)75-59-79-85-82-71(43-38-44-72(75)82)73-55-56-77-83-76(60-80(86(85)84(73)83)93(79)62-65(39-32-23-17-11-4)40-33-24-18-12-5)89-78(90(77,57-36-30-27-21-15-9-2)58-37-31-28-22-16-10-3)61-81(95-89)74-54-53-70(87-88(74)92-96-91-87)67-47-45-64(7)46-48-67/h38,43-56,59-61,65-66H,8-37,39-42,57-58,62-63H2,1-7H3. The molecule has 0 saturated heterocycles. The molecule has 0 radical (unpaired) electrons. The van der Waals surface area contributed by atoms with Crippen molar-refractivity contribution in [3.05, 3.63) is 126 Å². The van der Waals surface area contributed by atoms with Gasteiger partial charge in [-0.3, -0.25) is 0 Å². The van der Waals surface area contributed by atoms with E-state index in [1.165, 1.54) is 340 Å². The number of aromatic nitrogens is 3. The van der Waals surface area contributed by atoms with E-state index in [0.717, 1.165) is 29.9 Å². The van der Waals surface area contributed by atoms with Gasteiger partial charge in [0, 0.05) is 59.9 Å². The minimum absolute atomic E-state index is 0.126. The lowest BCUT2D eigenvalue weighted by atomic mass is 9.63. The number of hydrogen-bond acceptors (Lipinski definition) is 5. The molecule has 1 aliphatic rings. The van der Waals surface area contributed by atoms with Crippen LogP contribution in [-0.2, 0) is 12.0 Å². The molecule has 1 atom stereocenters. The number of ether oxygens (including phenoxy) is 1. The highest BCUT2D eigenvalue weighted by molar-refractivity contribution is 7.19. The second kappa shape index (κ2) is 34.3.